The predicted octanol–water partition coefficient (Wildman–Crippen LogP) is 12.2. The van der Waals surface area contributed by atoms with Gasteiger partial charge in [-0.3, -0.25) is 0 Å². The molecule has 4 nitrogen and oxygen atoms in total. The maximum absolute atomic E-state index is 6.28. The summed E-state index contributed by atoms with van der Waals surface area (Å²) >= 11 is 0. The molecule has 1 unspecified atom stereocenters. The van der Waals surface area contributed by atoms with E-state index in [2.05, 4.69) is 141 Å². The smallest absolute Gasteiger partial charge is 0.216 e. The summed E-state index contributed by atoms with van der Waals surface area (Å²) in [4.78, 5) is 14.2. The minimum atomic E-state index is -1.37. The van der Waals surface area contributed by atoms with E-state index in [0.717, 1.165) is 63.8 Å². The van der Waals surface area contributed by atoms with Gasteiger partial charge in [-0.2, -0.15) is 0 Å². The van der Waals surface area contributed by atoms with E-state index >= 15 is 0 Å². The Kier molecular flexibility index (Phi) is 13.4. The van der Waals surface area contributed by atoms with Gasteiger partial charge in [0, 0.05) is 49.5 Å². The van der Waals surface area contributed by atoms with Gasteiger partial charge < -0.3 is 14.4 Å². The minimum absolute atomic E-state index is 0. The molecular formula is C45H55IrN3OSi-2. The monoisotopic (exact) mass is 874 g/mol. The van der Waals surface area contributed by atoms with E-state index in [0.29, 0.717) is 23.5 Å². The van der Waals surface area contributed by atoms with Crippen LogP contribution in [0.5, 0.6) is 0 Å². The normalized spacial score (nSPS) is 12.6. The zero-order valence-corrected chi connectivity index (χ0v) is 35.8. The molecule has 6 heteroatoms. The average molecular weight is 874 g/mol. The number of rotatable bonds is 9. The number of hydrogen-bond donors (Lipinski definition) is 0. The van der Waals surface area contributed by atoms with Crippen molar-refractivity contribution in [3.8, 4) is 22.5 Å². The molecule has 6 aromatic rings. The van der Waals surface area contributed by atoms with Gasteiger partial charge in [-0.05, 0) is 71.3 Å². The van der Waals surface area contributed by atoms with Gasteiger partial charge in [-0.25, -0.2) is 4.98 Å². The molecule has 0 spiro atoms. The van der Waals surface area contributed by atoms with Crippen LogP contribution in [0.3, 0.4) is 0 Å². The van der Waals surface area contributed by atoms with Crippen molar-refractivity contribution >= 4 is 35.3 Å². The number of furan rings is 1. The van der Waals surface area contributed by atoms with Gasteiger partial charge in [-0.15, -0.1) is 54.1 Å². The van der Waals surface area contributed by atoms with Crippen LogP contribution in [0.4, 0.5) is 0 Å². The molecule has 4 heterocycles. The fourth-order valence-electron chi connectivity index (χ4n) is 6.61. The summed E-state index contributed by atoms with van der Waals surface area (Å²) in [6.45, 7) is 25.2. The molecule has 271 valence electrons. The molecule has 4 aromatic heterocycles. The van der Waals surface area contributed by atoms with Crippen molar-refractivity contribution in [1.82, 2.24) is 15.0 Å². The van der Waals surface area contributed by atoms with Crippen LogP contribution in [0, 0.1) is 23.5 Å². The van der Waals surface area contributed by atoms with Gasteiger partial charge >= 0.3 is 0 Å². The molecule has 2 aromatic carbocycles. The Morgan fingerprint density at radius 1 is 0.824 bits per heavy atom. The van der Waals surface area contributed by atoms with E-state index in [1.807, 2.05) is 30.5 Å². The summed E-state index contributed by atoms with van der Waals surface area (Å²) in [5.41, 5.74) is 9.60. The molecule has 0 saturated carbocycles. The van der Waals surface area contributed by atoms with Crippen LogP contribution in [-0.4, -0.2) is 23.0 Å². The summed E-state index contributed by atoms with van der Waals surface area (Å²) in [5.74, 6) is 1.47. The predicted molar refractivity (Wildman–Crippen MR) is 215 cm³/mol. The van der Waals surface area contributed by atoms with Crippen molar-refractivity contribution in [2.75, 3.05) is 0 Å². The molecular weight excluding hydrogens is 819 g/mol. The number of pyridine rings is 3. The molecule has 0 amide bonds. The average Bonchev–Trinajstić information content (AvgIpc) is 3.46. The molecule has 1 radical (unpaired) electrons. The fourth-order valence-corrected chi connectivity index (χ4v) is 8.19. The van der Waals surface area contributed by atoms with Crippen molar-refractivity contribution in [3.05, 3.63) is 108 Å². The molecule has 51 heavy (non-hydrogen) atoms. The summed E-state index contributed by atoms with van der Waals surface area (Å²) in [7, 11) is -1.37. The van der Waals surface area contributed by atoms with Crippen LogP contribution < -0.4 is 5.19 Å². The number of hydrogen-bond acceptors (Lipinski definition) is 4. The molecule has 0 bridgehead atoms. The zero-order chi connectivity index (χ0) is 36.2. The van der Waals surface area contributed by atoms with Gasteiger partial charge in [0.1, 0.15) is 0 Å². The van der Waals surface area contributed by atoms with Crippen LogP contribution in [-0.2, 0) is 26.5 Å². The standard InChI is InChI=1S/C26H29N2O.C19H26NSi.Ir/c1-6-18(7-2)19-13-14-27-24(15-19)22-10-8-9-20-21-11-12-23(17(5)16(3)4)28-26(21)29-25(20)22;1-19(2,3)13-16-12-17(15-10-8-7-9-11-15)20-14-18(16)21(4,5)6;/h8-9,11-18H,6-7H2,1-5H3;7-10,12,14H,13H2,1-6H3;/q2*-1;. The summed E-state index contributed by atoms with van der Waals surface area (Å²) in [6.07, 6.45) is 7.36. The fraction of sp³-hybridized carbons (Fsp3) is 0.400. The number of aromatic nitrogens is 3. The second kappa shape index (κ2) is 16.9. The molecule has 0 aliphatic heterocycles. The maximum Gasteiger partial charge on any atom is 0.216 e. The van der Waals surface area contributed by atoms with Gasteiger partial charge in [0.05, 0.1) is 13.7 Å². The van der Waals surface area contributed by atoms with Gasteiger partial charge in [0.25, 0.3) is 0 Å². The second-order valence-corrected chi connectivity index (χ2v) is 21.3. The Hall–Kier alpha value is -3.44. The third-order valence-electron chi connectivity index (χ3n) is 9.79. The van der Waals surface area contributed by atoms with Crippen molar-refractivity contribution in [2.45, 2.75) is 106 Å². The van der Waals surface area contributed by atoms with Crippen molar-refractivity contribution in [2.24, 2.45) is 11.3 Å². The van der Waals surface area contributed by atoms with Gasteiger partial charge in [-0.1, -0.05) is 109 Å². The largest absolute Gasteiger partial charge is 0.486 e. The Bertz CT molecular complexity index is 2040. The van der Waals surface area contributed by atoms with Crippen LogP contribution in [0.25, 0.3) is 44.6 Å². The zero-order valence-electron chi connectivity index (χ0n) is 32.4. The van der Waals surface area contributed by atoms with E-state index in [-0.39, 0.29) is 25.5 Å². The summed E-state index contributed by atoms with van der Waals surface area (Å²) in [6, 6.07) is 29.6. The minimum Gasteiger partial charge on any atom is -0.486 e. The first-order valence-electron chi connectivity index (χ1n) is 18.4. The molecule has 6 rings (SSSR count). The second-order valence-electron chi connectivity index (χ2n) is 16.3. The van der Waals surface area contributed by atoms with Crippen LogP contribution in [0.1, 0.15) is 96.9 Å². The summed E-state index contributed by atoms with van der Waals surface area (Å²) in [5, 5.41) is 3.60. The van der Waals surface area contributed by atoms with E-state index in [1.165, 1.54) is 16.3 Å². The van der Waals surface area contributed by atoms with Gasteiger partial charge in [0.15, 0.2) is 0 Å². The Morgan fingerprint density at radius 2 is 1.57 bits per heavy atom. The van der Waals surface area contributed by atoms with Crippen LogP contribution >= 0.6 is 0 Å². The first kappa shape index (κ1) is 40.3. The van der Waals surface area contributed by atoms with E-state index in [9.17, 15) is 0 Å². The third kappa shape index (κ3) is 9.71. The third-order valence-corrected chi connectivity index (χ3v) is 11.9. The van der Waals surface area contributed by atoms with E-state index in [1.54, 1.807) is 0 Å². The molecule has 0 N–H and O–H groups in total. The van der Waals surface area contributed by atoms with Crippen molar-refractivity contribution in [1.29, 1.82) is 0 Å². The molecule has 1 atom stereocenters. The first-order chi connectivity index (χ1) is 23.7. The SMILES string of the molecule is CC(C)(C)Cc1cc(-c2[c-]cccc2)ncc1[Si](C)(C)C.CCC(CC)c1ccnc(-c2[c-]ccc3c2oc2nc(C(C)C(C)C)ccc23)c1.[Ir]. The Morgan fingerprint density at radius 3 is 2.20 bits per heavy atom. The maximum atomic E-state index is 6.28. The molecule has 0 fully saturated rings. The molecule has 0 aliphatic carbocycles. The summed E-state index contributed by atoms with van der Waals surface area (Å²) < 4.78 is 6.28. The number of fused-ring (bicyclic) bond motifs is 3. The molecule has 0 aliphatic rings. The van der Waals surface area contributed by atoms with Crippen molar-refractivity contribution in [3.63, 3.8) is 0 Å². The topological polar surface area (TPSA) is 51.8 Å². The van der Waals surface area contributed by atoms with Crippen LogP contribution in [0.15, 0.2) is 83.5 Å². The number of nitrogens with zero attached hydrogens (tertiary/aromatic N) is 3. The van der Waals surface area contributed by atoms with Crippen LogP contribution in [0.2, 0.25) is 19.6 Å². The number of benzene rings is 2. The Balaban J connectivity index is 0.000000236. The van der Waals surface area contributed by atoms with Crippen molar-refractivity contribution < 1.29 is 24.5 Å². The molecule has 0 saturated heterocycles. The van der Waals surface area contributed by atoms with Gasteiger partial charge in [0.2, 0.25) is 5.71 Å². The first-order valence-corrected chi connectivity index (χ1v) is 21.9. The van der Waals surface area contributed by atoms with E-state index in [4.69, 9.17) is 14.4 Å². The van der Waals surface area contributed by atoms with E-state index < -0.39 is 8.07 Å². The Labute approximate surface area is 321 Å². The quantitative estimate of drug-likeness (QED) is 0.107.